The maximum absolute atomic E-state index is 15.1. The summed E-state index contributed by atoms with van der Waals surface area (Å²) in [4.78, 5) is 43.0. The van der Waals surface area contributed by atoms with Crippen LogP contribution in [0.1, 0.15) is 32.5 Å². The number of aryl methyl sites for hydroxylation is 1. The molecule has 1 amide bonds. The van der Waals surface area contributed by atoms with Crippen molar-refractivity contribution < 1.29 is 27.5 Å². The minimum atomic E-state index is -3.83. The number of rotatable bonds is 8. The lowest BCUT2D eigenvalue weighted by Crippen LogP contribution is -2.49. The molecule has 0 saturated carbocycles. The van der Waals surface area contributed by atoms with Crippen molar-refractivity contribution >= 4 is 61.7 Å². The molecular formula is C27H25ClFN5O6S2. The van der Waals surface area contributed by atoms with E-state index < -0.39 is 32.8 Å². The highest BCUT2D eigenvalue weighted by atomic mass is 35.5. The molecule has 11 nitrogen and oxygen atoms in total. The number of amides is 1. The quantitative estimate of drug-likeness (QED) is 0.301. The number of nitrogens with one attached hydrogen (secondary N) is 1. The number of hydrogen-bond acceptors (Lipinski definition) is 8. The molecule has 4 aromatic rings. The topological polar surface area (TPSA) is 142 Å². The van der Waals surface area contributed by atoms with Gasteiger partial charge in [-0.05, 0) is 49.4 Å². The molecule has 15 heteroatoms. The van der Waals surface area contributed by atoms with Crippen molar-refractivity contribution in [1.82, 2.24) is 19.2 Å². The van der Waals surface area contributed by atoms with Crippen molar-refractivity contribution in [2.75, 3.05) is 31.1 Å². The van der Waals surface area contributed by atoms with Gasteiger partial charge in [0.1, 0.15) is 15.4 Å². The second-order valence-electron chi connectivity index (χ2n) is 9.43. The molecule has 0 unspecified atom stereocenters. The largest absolute Gasteiger partial charge is 0.477 e. The first-order valence-corrected chi connectivity index (χ1v) is 15.5. The first-order valence-electron chi connectivity index (χ1n) is 12.8. The van der Waals surface area contributed by atoms with Crippen molar-refractivity contribution in [2.45, 2.75) is 24.2 Å². The van der Waals surface area contributed by atoms with Crippen LogP contribution in [0.3, 0.4) is 0 Å². The molecular weight excluding hydrogens is 609 g/mol. The Balaban J connectivity index is 1.28. The molecule has 3 aromatic heterocycles. The molecule has 2 N–H and O–H groups in total. The third-order valence-corrected chi connectivity index (χ3v) is 10.6. The normalized spacial score (nSPS) is 14.3. The van der Waals surface area contributed by atoms with Crippen LogP contribution in [-0.4, -0.2) is 65.4 Å². The Morgan fingerprint density at radius 2 is 1.81 bits per heavy atom. The van der Waals surface area contributed by atoms with Crippen LogP contribution < -0.4 is 15.6 Å². The number of carbonyl (C=O) groups is 2. The third-order valence-electron chi connectivity index (χ3n) is 6.85. The van der Waals surface area contributed by atoms with Crippen LogP contribution in [-0.2, 0) is 23.1 Å². The van der Waals surface area contributed by atoms with E-state index in [9.17, 15) is 27.9 Å². The van der Waals surface area contributed by atoms with E-state index in [-0.39, 0.29) is 59.7 Å². The van der Waals surface area contributed by atoms with E-state index in [4.69, 9.17) is 11.6 Å². The Morgan fingerprint density at radius 3 is 2.45 bits per heavy atom. The number of benzene rings is 1. The molecule has 1 aliphatic heterocycles. The summed E-state index contributed by atoms with van der Waals surface area (Å²) in [5.41, 5.74) is -0.719. The average Bonchev–Trinajstić information content (AvgIpc) is 3.46. The molecule has 0 radical (unpaired) electrons. The average molecular weight is 634 g/mol. The summed E-state index contributed by atoms with van der Waals surface area (Å²) >= 11 is 6.91. The third kappa shape index (κ3) is 5.75. The highest BCUT2D eigenvalue weighted by Crippen LogP contribution is 2.28. The van der Waals surface area contributed by atoms with Gasteiger partial charge in [-0.3, -0.25) is 9.59 Å². The van der Waals surface area contributed by atoms with Crippen molar-refractivity contribution in [2.24, 2.45) is 0 Å². The molecule has 5 rings (SSSR count). The maximum Gasteiger partial charge on any atom is 0.341 e. The van der Waals surface area contributed by atoms with Crippen LogP contribution in [0, 0.1) is 5.82 Å². The summed E-state index contributed by atoms with van der Waals surface area (Å²) in [6.07, 6.45) is 1.19. The second kappa shape index (κ2) is 11.8. The fraction of sp³-hybridized carbons (Fsp3) is 0.259. The number of aromatic nitrogens is 2. The van der Waals surface area contributed by atoms with Crippen LogP contribution in [0.25, 0.3) is 11.0 Å². The van der Waals surface area contributed by atoms with Gasteiger partial charge in [0, 0.05) is 54.4 Å². The van der Waals surface area contributed by atoms with E-state index in [1.165, 1.54) is 21.1 Å². The predicted octanol–water partition coefficient (Wildman–Crippen LogP) is 3.41. The van der Waals surface area contributed by atoms with Gasteiger partial charge in [0.25, 0.3) is 15.9 Å². The lowest BCUT2D eigenvalue weighted by atomic mass is 10.2. The monoisotopic (exact) mass is 633 g/mol. The maximum atomic E-state index is 15.1. The Hall–Kier alpha value is -3.85. The fourth-order valence-electron chi connectivity index (χ4n) is 4.62. The number of carbonyl (C=O) groups excluding carboxylic acids is 1. The molecule has 0 bridgehead atoms. The van der Waals surface area contributed by atoms with E-state index in [2.05, 4.69) is 10.3 Å². The van der Waals surface area contributed by atoms with Gasteiger partial charge in [-0.25, -0.2) is 22.6 Å². The van der Waals surface area contributed by atoms with Crippen molar-refractivity contribution in [3.8, 4) is 0 Å². The minimum absolute atomic E-state index is 0.0425. The number of piperazine rings is 1. The van der Waals surface area contributed by atoms with Gasteiger partial charge in [-0.2, -0.15) is 4.31 Å². The summed E-state index contributed by atoms with van der Waals surface area (Å²) < 4.78 is 44.7. The van der Waals surface area contributed by atoms with Gasteiger partial charge in [-0.15, -0.1) is 11.3 Å². The first kappa shape index (κ1) is 29.6. The zero-order valence-electron chi connectivity index (χ0n) is 22.2. The predicted molar refractivity (Wildman–Crippen MR) is 157 cm³/mol. The number of pyridine rings is 2. The van der Waals surface area contributed by atoms with Crippen molar-refractivity contribution in [3.63, 3.8) is 0 Å². The zero-order chi connectivity index (χ0) is 30.2. The minimum Gasteiger partial charge on any atom is -0.477 e. The summed E-state index contributed by atoms with van der Waals surface area (Å²) in [5.74, 6) is -2.57. The smallest absolute Gasteiger partial charge is 0.341 e. The number of aromatic carboxylic acids is 1. The summed E-state index contributed by atoms with van der Waals surface area (Å²) in [7, 11) is -3.83. The number of fused-ring (bicyclic) bond motifs is 1. The number of anilines is 1. The van der Waals surface area contributed by atoms with Crippen LogP contribution >= 0.6 is 22.9 Å². The van der Waals surface area contributed by atoms with Crippen LogP contribution in [0.15, 0.2) is 57.7 Å². The molecule has 4 heterocycles. The van der Waals surface area contributed by atoms with E-state index in [1.54, 1.807) is 42.2 Å². The Morgan fingerprint density at radius 1 is 1.12 bits per heavy atom. The molecule has 42 heavy (non-hydrogen) atoms. The summed E-state index contributed by atoms with van der Waals surface area (Å²) in [6.45, 7) is 2.63. The molecule has 220 valence electrons. The molecule has 0 spiro atoms. The number of halogens is 2. The summed E-state index contributed by atoms with van der Waals surface area (Å²) in [6, 6.07) is 10.5. The van der Waals surface area contributed by atoms with Gasteiger partial charge >= 0.3 is 5.97 Å². The van der Waals surface area contributed by atoms with E-state index in [0.29, 0.717) is 22.0 Å². The Kier molecular flexibility index (Phi) is 8.32. The molecule has 0 atom stereocenters. The van der Waals surface area contributed by atoms with Crippen LogP contribution in [0.4, 0.5) is 10.2 Å². The van der Waals surface area contributed by atoms with Crippen molar-refractivity contribution in [3.05, 3.63) is 85.7 Å². The standard InChI is InChI=1S/C27H25ClFN5O6S2/c1-2-32-15-20(27(37)38)23(35)19-13-21(29)25(31-24(19)32)33-9-11-34(12-10-33)42(39,40)22-8-7-18(41-22)14-30-26(36)16-3-5-17(28)6-4-16/h3-8,13,15H,2,9-12,14H2,1H3,(H,30,36)(H,37,38). The van der Waals surface area contributed by atoms with Gasteiger partial charge < -0.3 is 19.9 Å². The first-order chi connectivity index (χ1) is 20.0. The van der Waals surface area contributed by atoms with Gasteiger partial charge in [0.05, 0.1) is 11.9 Å². The van der Waals surface area contributed by atoms with Gasteiger partial charge in [0.15, 0.2) is 11.6 Å². The van der Waals surface area contributed by atoms with E-state index in [1.807, 2.05) is 0 Å². The van der Waals surface area contributed by atoms with E-state index in [0.717, 1.165) is 17.4 Å². The lowest BCUT2D eigenvalue weighted by molar-refractivity contribution is 0.0694. The molecule has 1 aromatic carbocycles. The number of thiophene rings is 1. The number of nitrogens with zero attached hydrogens (tertiary/aromatic N) is 4. The van der Waals surface area contributed by atoms with Crippen LogP contribution in [0.5, 0.6) is 0 Å². The van der Waals surface area contributed by atoms with Gasteiger partial charge in [-0.1, -0.05) is 11.6 Å². The summed E-state index contributed by atoms with van der Waals surface area (Å²) in [5, 5.41) is 12.5. The second-order valence-corrected chi connectivity index (χ2v) is 13.2. The number of carboxylic acids is 1. The lowest BCUT2D eigenvalue weighted by Gasteiger charge is -2.34. The highest BCUT2D eigenvalue weighted by Gasteiger charge is 2.31. The zero-order valence-corrected chi connectivity index (χ0v) is 24.6. The number of carboxylic acid groups (broad SMARTS) is 1. The Bertz CT molecular complexity index is 1850. The molecule has 0 aliphatic carbocycles. The Labute approximate surface area is 248 Å². The number of hydrogen-bond donors (Lipinski definition) is 2. The van der Waals surface area contributed by atoms with Crippen LogP contribution in [0.2, 0.25) is 5.02 Å². The molecule has 1 saturated heterocycles. The van der Waals surface area contributed by atoms with Crippen molar-refractivity contribution in [1.29, 1.82) is 0 Å². The molecule has 1 fully saturated rings. The highest BCUT2D eigenvalue weighted by molar-refractivity contribution is 7.91. The molecule has 1 aliphatic rings. The van der Waals surface area contributed by atoms with Gasteiger partial charge in [0.2, 0.25) is 5.43 Å². The van der Waals surface area contributed by atoms with E-state index >= 15 is 4.39 Å². The SMILES string of the molecule is CCn1cc(C(=O)O)c(=O)c2cc(F)c(N3CCN(S(=O)(=O)c4ccc(CNC(=O)c5ccc(Cl)cc5)s4)CC3)nc21. The fourth-order valence-corrected chi connectivity index (χ4v) is 7.62. The number of sulfonamides is 1.